The van der Waals surface area contributed by atoms with Gasteiger partial charge in [0.2, 0.25) is 5.91 Å². The van der Waals surface area contributed by atoms with Crippen LogP contribution in [0.5, 0.6) is 0 Å². The van der Waals surface area contributed by atoms with E-state index in [2.05, 4.69) is 27.7 Å². The van der Waals surface area contributed by atoms with Crippen molar-refractivity contribution in [3.8, 4) is 0 Å². The largest absolute Gasteiger partial charge is 0.376 e. The number of carbonyl (C=O) groups excluding carboxylic acids is 1. The van der Waals surface area contributed by atoms with Crippen LogP contribution in [-0.2, 0) is 11.2 Å². The zero-order valence-electron chi connectivity index (χ0n) is 15.0. The number of rotatable bonds is 7. The maximum absolute atomic E-state index is 13.5. The number of carbonyl (C=O) groups is 1. The monoisotopic (exact) mass is 355 g/mol. The van der Waals surface area contributed by atoms with E-state index in [0.717, 1.165) is 18.8 Å². The molecular weight excluding hydrogens is 329 g/mol. The fraction of sp³-hybridized carbons (Fsp3) is 0.381. The van der Waals surface area contributed by atoms with Crippen molar-refractivity contribution in [2.45, 2.75) is 25.7 Å². The first-order valence-corrected chi connectivity index (χ1v) is 9.31. The molecule has 0 aliphatic carbocycles. The minimum atomic E-state index is -0.228. The quantitative estimate of drug-likeness (QED) is 0.798. The predicted octanol–water partition coefficient (Wildman–Crippen LogP) is 3.59. The first-order chi connectivity index (χ1) is 12.7. The molecule has 0 saturated carbocycles. The number of halogens is 1. The molecule has 0 spiro atoms. The van der Waals surface area contributed by atoms with Crippen molar-refractivity contribution in [2.75, 3.05) is 36.4 Å². The Labute approximate surface area is 154 Å². The normalized spacial score (nSPS) is 14.1. The molecule has 1 heterocycles. The number of anilines is 2. The smallest absolute Gasteiger partial charge is 0.239 e. The summed E-state index contributed by atoms with van der Waals surface area (Å²) >= 11 is 0. The van der Waals surface area contributed by atoms with Crippen LogP contribution in [0.2, 0.25) is 0 Å². The molecule has 5 heteroatoms. The Hall–Kier alpha value is -2.56. The summed E-state index contributed by atoms with van der Waals surface area (Å²) in [5.41, 5.74) is 2.79. The van der Waals surface area contributed by atoms with Crippen molar-refractivity contribution in [3.05, 3.63) is 59.9 Å². The van der Waals surface area contributed by atoms with Crippen LogP contribution in [0, 0.1) is 5.82 Å². The highest BCUT2D eigenvalue weighted by Crippen LogP contribution is 2.21. The molecule has 0 unspecified atom stereocenters. The second kappa shape index (κ2) is 9.22. The first kappa shape index (κ1) is 18.2. The molecule has 138 valence electrons. The van der Waals surface area contributed by atoms with Crippen molar-refractivity contribution < 1.29 is 9.18 Å². The van der Waals surface area contributed by atoms with Gasteiger partial charge in [-0.3, -0.25) is 4.79 Å². The molecule has 4 nitrogen and oxygen atoms in total. The average Bonchev–Trinajstić information content (AvgIpc) is 2.69. The Morgan fingerprint density at radius 3 is 2.46 bits per heavy atom. The van der Waals surface area contributed by atoms with Crippen LogP contribution in [0.4, 0.5) is 15.8 Å². The van der Waals surface area contributed by atoms with Crippen molar-refractivity contribution in [1.29, 1.82) is 0 Å². The van der Waals surface area contributed by atoms with Crippen LogP contribution in [-0.4, -0.2) is 32.1 Å². The Bertz CT molecular complexity index is 711. The maximum atomic E-state index is 13.5. The van der Waals surface area contributed by atoms with Gasteiger partial charge < -0.3 is 15.5 Å². The summed E-state index contributed by atoms with van der Waals surface area (Å²) in [6, 6.07) is 14.9. The molecule has 0 bridgehead atoms. The van der Waals surface area contributed by atoms with Gasteiger partial charge in [0.1, 0.15) is 5.82 Å². The average molecular weight is 355 g/mol. The van der Waals surface area contributed by atoms with E-state index in [9.17, 15) is 9.18 Å². The molecule has 2 aromatic carbocycles. The molecule has 1 saturated heterocycles. The number of benzene rings is 2. The molecule has 0 radical (unpaired) electrons. The van der Waals surface area contributed by atoms with Gasteiger partial charge in [-0.1, -0.05) is 18.2 Å². The van der Waals surface area contributed by atoms with Gasteiger partial charge in [0.25, 0.3) is 0 Å². The van der Waals surface area contributed by atoms with E-state index in [1.54, 1.807) is 18.2 Å². The van der Waals surface area contributed by atoms with Crippen LogP contribution in [0.3, 0.4) is 0 Å². The number of hydrogen-bond donors (Lipinski definition) is 2. The summed E-state index contributed by atoms with van der Waals surface area (Å²) in [5.74, 6) is -0.324. The molecule has 1 amide bonds. The van der Waals surface area contributed by atoms with Crippen molar-refractivity contribution in [2.24, 2.45) is 0 Å². The molecular formula is C21H26FN3O. The van der Waals surface area contributed by atoms with Gasteiger partial charge in [0.05, 0.1) is 6.54 Å². The van der Waals surface area contributed by atoms with E-state index in [1.807, 2.05) is 12.1 Å². The molecule has 0 aromatic heterocycles. The predicted molar refractivity (Wildman–Crippen MR) is 104 cm³/mol. The SMILES string of the molecule is O=C(CNc1ccc(N2CCCCC2)cc1)NCCc1ccccc1F. The summed E-state index contributed by atoms with van der Waals surface area (Å²) in [4.78, 5) is 14.3. The molecule has 0 atom stereocenters. The number of nitrogens with zero attached hydrogens (tertiary/aromatic N) is 1. The summed E-state index contributed by atoms with van der Waals surface area (Å²) in [6.07, 6.45) is 4.32. The fourth-order valence-electron chi connectivity index (χ4n) is 3.22. The highest BCUT2D eigenvalue weighted by Gasteiger charge is 2.10. The molecule has 2 aromatic rings. The Kier molecular flexibility index (Phi) is 6.47. The third kappa shape index (κ3) is 5.22. The molecule has 1 aliphatic rings. The number of piperidine rings is 1. The Morgan fingerprint density at radius 2 is 1.73 bits per heavy atom. The van der Waals surface area contributed by atoms with Gasteiger partial charge in [-0.15, -0.1) is 0 Å². The van der Waals surface area contributed by atoms with Crippen molar-refractivity contribution in [3.63, 3.8) is 0 Å². The van der Waals surface area contributed by atoms with Crippen LogP contribution >= 0.6 is 0 Å². The lowest BCUT2D eigenvalue weighted by molar-refractivity contribution is -0.119. The van der Waals surface area contributed by atoms with Gasteiger partial charge in [-0.2, -0.15) is 0 Å². The summed E-state index contributed by atoms with van der Waals surface area (Å²) in [5, 5.41) is 5.95. The standard InChI is InChI=1S/C21H26FN3O/c22-20-7-3-2-6-17(20)12-13-23-21(26)16-24-18-8-10-19(11-9-18)25-14-4-1-5-15-25/h2-3,6-11,24H,1,4-5,12-16H2,(H,23,26). The number of amides is 1. The maximum Gasteiger partial charge on any atom is 0.239 e. The van der Waals surface area contributed by atoms with Gasteiger partial charge in [0, 0.05) is 31.0 Å². The minimum absolute atomic E-state index is 0.0959. The lowest BCUT2D eigenvalue weighted by Gasteiger charge is -2.28. The number of nitrogens with one attached hydrogen (secondary N) is 2. The van der Waals surface area contributed by atoms with Crippen molar-refractivity contribution in [1.82, 2.24) is 5.32 Å². The summed E-state index contributed by atoms with van der Waals surface area (Å²) in [7, 11) is 0. The zero-order valence-corrected chi connectivity index (χ0v) is 15.0. The Balaban J connectivity index is 1.39. The van der Waals surface area contributed by atoms with Gasteiger partial charge >= 0.3 is 0 Å². The van der Waals surface area contributed by atoms with E-state index in [0.29, 0.717) is 18.5 Å². The summed E-state index contributed by atoms with van der Waals surface area (Å²) < 4.78 is 13.5. The van der Waals surface area contributed by atoms with Gasteiger partial charge in [-0.05, 0) is 61.6 Å². The zero-order chi connectivity index (χ0) is 18.2. The Morgan fingerprint density at radius 1 is 1.00 bits per heavy atom. The fourth-order valence-corrected chi connectivity index (χ4v) is 3.22. The molecule has 1 aliphatic heterocycles. The van der Waals surface area contributed by atoms with Crippen molar-refractivity contribution >= 4 is 17.3 Å². The lowest BCUT2D eigenvalue weighted by Crippen LogP contribution is -2.31. The van der Waals surface area contributed by atoms with Crippen LogP contribution in [0.25, 0.3) is 0 Å². The molecule has 1 fully saturated rings. The second-order valence-electron chi connectivity index (χ2n) is 6.64. The third-order valence-electron chi connectivity index (χ3n) is 4.72. The van der Waals surface area contributed by atoms with E-state index in [1.165, 1.54) is 31.0 Å². The van der Waals surface area contributed by atoms with E-state index >= 15 is 0 Å². The number of hydrogen-bond acceptors (Lipinski definition) is 3. The topological polar surface area (TPSA) is 44.4 Å². The van der Waals surface area contributed by atoms with Gasteiger partial charge in [-0.25, -0.2) is 4.39 Å². The minimum Gasteiger partial charge on any atom is -0.376 e. The van der Waals surface area contributed by atoms with Crippen LogP contribution in [0.1, 0.15) is 24.8 Å². The van der Waals surface area contributed by atoms with Crippen LogP contribution < -0.4 is 15.5 Å². The highest BCUT2D eigenvalue weighted by molar-refractivity contribution is 5.80. The van der Waals surface area contributed by atoms with Gasteiger partial charge in [0.15, 0.2) is 0 Å². The molecule has 2 N–H and O–H groups in total. The van der Waals surface area contributed by atoms with E-state index in [-0.39, 0.29) is 18.3 Å². The summed E-state index contributed by atoms with van der Waals surface area (Å²) in [6.45, 7) is 2.88. The second-order valence-corrected chi connectivity index (χ2v) is 6.64. The highest BCUT2D eigenvalue weighted by atomic mass is 19.1. The molecule has 3 rings (SSSR count). The first-order valence-electron chi connectivity index (χ1n) is 9.31. The van der Waals surface area contributed by atoms with E-state index in [4.69, 9.17) is 0 Å². The van der Waals surface area contributed by atoms with E-state index < -0.39 is 0 Å². The van der Waals surface area contributed by atoms with Crippen LogP contribution in [0.15, 0.2) is 48.5 Å². The molecule has 26 heavy (non-hydrogen) atoms. The third-order valence-corrected chi connectivity index (χ3v) is 4.72. The lowest BCUT2D eigenvalue weighted by atomic mass is 10.1.